The SMILES string of the molecule is CCOc1ccccc1NC(=O)c1cc(N(CC)c2ccccc2)ncn1. The molecule has 0 saturated heterocycles. The Morgan fingerprint density at radius 1 is 1.04 bits per heavy atom. The molecule has 0 bridgehead atoms. The first-order chi connectivity index (χ1) is 13.2. The lowest BCUT2D eigenvalue weighted by molar-refractivity contribution is 0.102. The first-order valence-electron chi connectivity index (χ1n) is 8.90. The van der Waals surface area contributed by atoms with E-state index in [4.69, 9.17) is 4.74 Å². The zero-order valence-corrected chi connectivity index (χ0v) is 15.4. The molecule has 0 aliphatic rings. The van der Waals surface area contributed by atoms with Gasteiger partial charge in [0.25, 0.3) is 5.91 Å². The van der Waals surface area contributed by atoms with E-state index in [1.54, 1.807) is 12.1 Å². The van der Waals surface area contributed by atoms with Gasteiger partial charge in [-0.15, -0.1) is 0 Å². The third kappa shape index (κ3) is 4.41. The van der Waals surface area contributed by atoms with Crippen LogP contribution in [-0.4, -0.2) is 29.0 Å². The summed E-state index contributed by atoms with van der Waals surface area (Å²) in [4.78, 5) is 23.2. The van der Waals surface area contributed by atoms with Crippen molar-refractivity contribution in [2.24, 2.45) is 0 Å². The van der Waals surface area contributed by atoms with Crippen LogP contribution in [0.25, 0.3) is 0 Å². The Balaban J connectivity index is 1.84. The fourth-order valence-corrected chi connectivity index (χ4v) is 2.74. The molecule has 0 spiro atoms. The molecule has 1 N–H and O–H groups in total. The van der Waals surface area contributed by atoms with Gasteiger partial charge in [0.05, 0.1) is 12.3 Å². The maximum Gasteiger partial charge on any atom is 0.274 e. The minimum absolute atomic E-state index is 0.292. The molecular weight excluding hydrogens is 340 g/mol. The van der Waals surface area contributed by atoms with Gasteiger partial charge in [-0.2, -0.15) is 0 Å². The Kier molecular flexibility index (Phi) is 5.99. The molecule has 2 aromatic carbocycles. The Morgan fingerprint density at radius 3 is 2.52 bits per heavy atom. The van der Waals surface area contributed by atoms with E-state index in [0.29, 0.717) is 29.6 Å². The number of ether oxygens (including phenoxy) is 1. The van der Waals surface area contributed by atoms with E-state index in [1.807, 2.05) is 67.3 Å². The van der Waals surface area contributed by atoms with Crippen LogP contribution in [0, 0.1) is 0 Å². The van der Waals surface area contributed by atoms with Gasteiger partial charge in [-0.1, -0.05) is 30.3 Å². The summed E-state index contributed by atoms with van der Waals surface area (Å²) in [6.07, 6.45) is 1.41. The second-order valence-electron chi connectivity index (χ2n) is 5.72. The number of hydrogen-bond acceptors (Lipinski definition) is 5. The van der Waals surface area contributed by atoms with E-state index in [0.717, 1.165) is 12.2 Å². The van der Waals surface area contributed by atoms with Gasteiger partial charge in [-0.25, -0.2) is 9.97 Å². The van der Waals surface area contributed by atoms with Gasteiger partial charge in [0.15, 0.2) is 0 Å². The molecule has 0 fully saturated rings. The van der Waals surface area contributed by atoms with Crippen LogP contribution in [0.5, 0.6) is 5.75 Å². The van der Waals surface area contributed by atoms with E-state index in [2.05, 4.69) is 15.3 Å². The molecule has 0 aliphatic heterocycles. The number of hydrogen-bond donors (Lipinski definition) is 1. The zero-order chi connectivity index (χ0) is 19.1. The molecule has 1 heterocycles. The summed E-state index contributed by atoms with van der Waals surface area (Å²) < 4.78 is 5.56. The molecule has 1 aromatic heterocycles. The molecule has 138 valence electrons. The topological polar surface area (TPSA) is 67.3 Å². The second-order valence-corrected chi connectivity index (χ2v) is 5.72. The maximum atomic E-state index is 12.7. The number of amides is 1. The van der Waals surface area contributed by atoms with Crippen LogP contribution in [0.1, 0.15) is 24.3 Å². The monoisotopic (exact) mass is 362 g/mol. The molecule has 3 aromatic rings. The average Bonchev–Trinajstić information content (AvgIpc) is 2.71. The normalized spacial score (nSPS) is 10.3. The van der Waals surface area contributed by atoms with Crippen LogP contribution in [-0.2, 0) is 0 Å². The van der Waals surface area contributed by atoms with Crippen molar-refractivity contribution >= 4 is 23.1 Å². The summed E-state index contributed by atoms with van der Waals surface area (Å²) in [5.41, 5.74) is 1.91. The molecule has 0 atom stereocenters. The van der Waals surface area contributed by atoms with Gasteiger partial charge >= 0.3 is 0 Å². The lowest BCUT2D eigenvalue weighted by atomic mass is 10.2. The van der Waals surface area contributed by atoms with Crippen molar-refractivity contribution in [1.29, 1.82) is 0 Å². The van der Waals surface area contributed by atoms with Gasteiger partial charge in [0.1, 0.15) is 23.6 Å². The fraction of sp³-hybridized carbons (Fsp3) is 0.190. The first-order valence-corrected chi connectivity index (χ1v) is 8.90. The highest BCUT2D eigenvalue weighted by Gasteiger charge is 2.15. The van der Waals surface area contributed by atoms with E-state index < -0.39 is 0 Å². The van der Waals surface area contributed by atoms with Gasteiger partial charge in [-0.05, 0) is 38.1 Å². The molecular formula is C21H22N4O2. The van der Waals surface area contributed by atoms with Gasteiger partial charge in [0.2, 0.25) is 0 Å². The molecule has 0 unspecified atom stereocenters. The predicted octanol–water partition coefficient (Wildman–Crippen LogP) is 4.29. The number of carbonyl (C=O) groups is 1. The summed E-state index contributed by atoms with van der Waals surface area (Å²) in [5, 5.41) is 2.86. The summed E-state index contributed by atoms with van der Waals surface area (Å²) in [5.74, 6) is 0.985. The molecule has 27 heavy (non-hydrogen) atoms. The molecule has 3 rings (SSSR count). The smallest absolute Gasteiger partial charge is 0.274 e. The van der Waals surface area contributed by atoms with Crippen molar-refractivity contribution in [3.63, 3.8) is 0 Å². The highest BCUT2D eigenvalue weighted by Crippen LogP contribution is 2.25. The number of nitrogens with zero attached hydrogens (tertiary/aromatic N) is 3. The van der Waals surface area contributed by atoms with Crippen LogP contribution < -0.4 is 15.0 Å². The quantitative estimate of drug-likeness (QED) is 0.679. The highest BCUT2D eigenvalue weighted by molar-refractivity contribution is 6.04. The standard InChI is InChI=1S/C21H22N4O2/c1-3-25(16-10-6-5-7-11-16)20-14-18(22-15-23-20)21(26)24-17-12-8-9-13-19(17)27-4-2/h5-15H,3-4H2,1-2H3,(H,24,26). The number of carbonyl (C=O) groups excluding carboxylic acids is 1. The predicted molar refractivity (Wildman–Crippen MR) is 107 cm³/mol. The van der Waals surface area contributed by atoms with Crippen molar-refractivity contribution in [3.05, 3.63) is 72.7 Å². The number of rotatable bonds is 7. The molecule has 6 heteroatoms. The highest BCUT2D eigenvalue weighted by atomic mass is 16.5. The Hall–Kier alpha value is -3.41. The number of nitrogens with one attached hydrogen (secondary N) is 1. The third-order valence-electron chi connectivity index (χ3n) is 3.98. The summed E-state index contributed by atoms with van der Waals surface area (Å²) in [6.45, 7) is 5.17. The Morgan fingerprint density at radius 2 is 1.78 bits per heavy atom. The second kappa shape index (κ2) is 8.80. The molecule has 0 saturated carbocycles. The van der Waals surface area contributed by atoms with Crippen molar-refractivity contribution in [3.8, 4) is 5.75 Å². The van der Waals surface area contributed by atoms with Crippen molar-refractivity contribution in [1.82, 2.24) is 9.97 Å². The van der Waals surface area contributed by atoms with Crippen LogP contribution >= 0.6 is 0 Å². The van der Waals surface area contributed by atoms with Crippen LogP contribution in [0.2, 0.25) is 0 Å². The zero-order valence-electron chi connectivity index (χ0n) is 15.4. The number of aromatic nitrogens is 2. The average molecular weight is 362 g/mol. The van der Waals surface area contributed by atoms with E-state index >= 15 is 0 Å². The largest absolute Gasteiger partial charge is 0.492 e. The molecule has 6 nitrogen and oxygen atoms in total. The van der Waals surface area contributed by atoms with Gasteiger partial charge in [-0.3, -0.25) is 4.79 Å². The number of para-hydroxylation sites is 3. The van der Waals surface area contributed by atoms with Crippen molar-refractivity contribution in [2.75, 3.05) is 23.4 Å². The van der Waals surface area contributed by atoms with Crippen molar-refractivity contribution in [2.45, 2.75) is 13.8 Å². The van der Waals surface area contributed by atoms with Crippen molar-refractivity contribution < 1.29 is 9.53 Å². The van der Waals surface area contributed by atoms with Gasteiger partial charge < -0.3 is 15.0 Å². The summed E-state index contributed by atoms with van der Waals surface area (Å²) in [7, 11) is 0. The minimum Gasteiger partial charge on any atom is -0.492 e. The third-order valence-corrected chi connectivity index (χ3v) is 3.98. The minimum atomic E-state index is -0.310. The van der Waals surface area contributed by atoms with Gasteiger partial charge in [0, 0.05) is 18.3 Å². The van der Waals surface area contributed by atoms with Crippen LogP contribution in [0.4, 0.5) is 17.2 Å². The molecule has 0 aliphatic carbocycles. The lowest BCUT2D eigenvalue weighted by Crippen LogP contribution is -2.20. The number of benzene rings is 2. The number of anilines is 3. The Bertz CT molecular complexity index is 899. The van der Waals surface area contributed by atoms with E-state index in [-0.39, 0.29) is 5.91 Å². The van der Waals surface area contributed by atoms with Crippen LogP contribution in [0.15, 0.2) is 67.0 Å². The Labute approximate surface area is 158 Å². The van der Waals surface area contributed by atoms with E-state index in [1.165, 1.54) is 6.33 Å². The summed E-state index contributed by atoms with van der Waals surface area (Å²) >= 11 is 0. The molecule has 1 amide bonds. The van der Waals surface area contributed by atoms with E-state index in [9.17, 15) is 4.79 Å². The maximum absolute atomic E-state index is 12.7. The lowest BCUT2D eigenvalue weighted by Gasteiger charge is -2.22. The first kappa shape index (κ1) is 18.4. The fourth-order valence-electron chi connectivity index (χ4n) is 2.74. The summed E-state index contributed by atoms with van der Waals surface area (Å²) in [6, 6.07) is 18.9. The van der Waals surface area contributed by atoms with Crippen LogP contribution in [0.3, 0.4) is 0 Å². The molecule has 0 radical (unpaired) electrons.